The van der Waals surface area contributed by atoms with Gasteiger partial charge in [0.15, 0.2) is 5.96 Å². The van der Waals surface area contributed by atoms with Crippen molar-refractivity contribution in [3.63, 3.8) is 0 Å². The Hall–Kier alpha value is -2.57. The largest absolute Gasteiger partial charge is 0.357 e. The molecule has 3 heterocycles. The predicted octanol–water partition coefficient (Wildman–Crippen LogP) is 3.13. The van der Waals surface area contributed by atoms with Crippen LogP contribution in [0.3, 0.4) is 0 Å². The Balaban J connectivity index is 1.57. The number of rotatable bonds is 7. The highest BCUT2D eigenvalue weighted by Gasteiger charge is 2.26. The summed E-state index contributed by atoms with van der Waals surface area (Å²) in [5.41, 5.74) is 3.06. The standard InChI is InChI=1S/C23H36N6O/c1-5-18(6-2)22(30)28-13-11-19(12-14-28)27-23(24-7-3)25-15-20-16-29-17(4)9-8-10-21(29)26-20/h8-10,16,18-19H,5-7,11-15H2,1-4H3,(H2,24,25,27). The van der Waals surface area contributed by atoms with E-state index in [-0.39, 0.29) is 5.92 Å². The number of likely N-dealkylation sites (tertiary alicyclic amines) is 1. The normalized spacial score (nSPS) is 15.8. The highest BCUT2D eigenvalue weighted by atomic mass is 16.2. The number of aliphatic imine (C=N–C) groups is 1. The van der Waals surface area contributed by atoms with Crippen LogP contribution in [0.5, 0.6) is 0 Å². The van der Waals surface area contributed by atoms with Crippen molar-refractivity contribution in [2.45, 2.75) is 66.0 Å². The Labute approximate surface area is 180 Å². The third-order valence-electron chi connectivity index (χ3n) is 5.97. The summed E-state index contributed by atoms with van der Waals surface area (Å²) in [5, 5.41) is 6.89. The van der Waals surface area contributed by atoms with Gasteiger partial charge >= 0.3 is 0 Å². The van der Waals surface area contributed by atoms with Gasteiger partial charge in [-0.2, -0.15) is 0 Å². The van der Waals surface area contributed by atoms with Crippen LogP contribution in [0.4, 0.5) is 0 Å². The fraction of sp³-hybridized carbons (Fsp3) is 0.609. The number of carbonyl (C=O) groups excluding carboxylic acids is 1. The van der Waals surface area contributed by atoms with Gasteiger partial charge in [-0.3, -0.25) is 4.79 Å². The van der Waals surface area contributed by atoms with E-state index in [4.69, 9.17) is 4.99 Å². The fourth-order valence-corrected chi connectivity index (χ4v) is 4.09. The van der Waals surface area contributed by atoms with Crippen LogP contribution in [-0.2, 0) is 11.3 Å². The summed E-state index contributed by atoms with van der Waals surface area (Å²) >= 11 is 0. The molecule has 7 nitrogen and oxygen atoms in total. The lowest BCUT2D eigenvalue weighted by atomic mass is 9.98. The number of hydrogen-bond acceptors (Lipinski definition) is 3. The first-order valence-corrected chi connectivity index (χ1v) is 11.3. The number of aryl methyl sites for hydroxylation is 1. The van der Waals surface area contributed by atoms with E-state index >= 15 is 0 Å². The summed E-state index contributed by atoms with van der Waals surface area (Å²) in [6.45, 7) is 11.3. The van der Waals surface area contributed by atoms with Crippen LogP contribution in [-0.4, -0.2) is 51.8 Å². The molecular formula is C23H36N6O. The average molecular weight is 413 g/mol. The highest BCUT2D eigenvalue weighted by molar-refractivity contribution is 5.80. The number of carbonyl (C=O) groups is 1. The van der Waals surface area contributed by atoms with Crippen molar-refractivity contribution in [2.24, 2.45) is 10.9 Å². The minimum atomic E-state index is 0.169. The Morgan fingerprint density at radius 3 is 2.60 bits per heavy atom. The molecule has 0 aliphatic carbocycles. The monoisotopic (exact) mass is 412 g/mol. The minimum Gasteiger partial charge on any atom is -0.357 e. The average Bonchev–Trinajstić information content (AvgIpc) is 3.18. The number of nitrogens with zero attached hydrogens (tertiary/aromatic N) is 4. The number of amides is 1. The van der Waals surface area contributed by atoms with Crippen molar-refractivity contribution in [3.05, 3.63) is 35.8 Å². The number of nitrogens with one attached hydrogen (secondary N) is 2. The van der Waals surface area contributed by atoms with Gasteiger partial charge in [-0.05, 0) is 51.7 Å². The van der Waals surface area contributed by atoms with Gasteiger partial charge in [0.25, 0.3) is 0 Å². The first-order chi connectivity index (χ1) is 14.5. The van der Waals surface area contributed by atoms with E-state index in [1.54, 1.807) is 0 Å². The third-order valence-corrected chi connectivity index (χ3v) is 5.97. The van der Waals surface area contributed by atoms with Crippen molar-refractivity contribution in [1.82, 2.24) is 24.9 Å². The fourth-order valence-electron chi connectivity index (χ4n) is 4.09. The molecule has 0 radical (unpaired) electrons. The van der Waals surface area contributed by atoms with Gasteiger partial charge in [0.05, 0.1) is 12.2 Å². The van der Waals surface area contributed by atoms with Gasteiger partial charge < -0.3 is 19.9 Å². The topological polar surface area (TPSA) is 74.0 Å². The molecule has 0 bridgehead atoms. The summed E-state index contributed by atoms with van der Waals surface area (Å²) < 4.78 is 2.10. The SMILES string of the molecule is CCNC(=NCc1cn2c(C)cccc2n1)NC1CCN(C(=O)C(CC)CC)CC1. The van der Waals surface area contributed by atoms with Gasteiger partial charge in [-0.25, -0.2) is 9.98 Å². The van der Waals surface area contributed by atoms with Crippen molar-refractivity contribution < 1.29 is 4.79 Å². The molecule has 3 rings (SSSR count). The number of pyridine rings is 1. The van der Waals surface area contributed by atoms with Crippen LogP contribution in [0.2, 0.25) is 0 Å². The van der Waals surface area contributed by atoms with Crippen LogP contribution >= 0.6 is 0 Å². The zero-order chi connectivity index (χ0) is 21.5. The number of imidazole rings is 1. The molecule has 1 aliphatic heterocycles. The molecule has 1 fully saturated rings. The van der Waals surface area contributed by atoms with E-state index in [1.807, 2.05) is 17.0 Å². The molecule has 0 atom stereocenters. The first kappa shape index (κ1) is 22.1. The van der Waals surface area contributed by atoms with Gasteiger partial charge in [0.1, 0.15) is 5.65 Å². The van der Waals surface area contributed by atoms with Crippen LogP contribution in [0.25, 0.3) is 5.65 Å². The molecule has 30 heavy (non-hydrogen) atoms. The molecule has 1 aliphatic rings. The van der Waals surface area contributed by atoms with E-state index in [9.17, 15) is 4.79 Å². The Morgan fingerprint density at radius 1 is 1.23 bits per heavy atom. The molecule has 0 spiro atoms. The first-order valence-electron chi connectivity index (χ1n) is 11.3. The third kappa shape index (κ3) is 5.32. The summed E-state index contributed by atoms with van der Waals surface area (Å²) in [6, 6.07) is 6.45. The zero-order valence-electron chi connectivity index (χ0n) is 18.8. The number of hydrogen-bond donors (Lipinski definition) is 2. The number of fused-ring (bicyclic) bond motifs is 1. The van der Waals surface area contributed by atoms with E-state index in [0.717, 1.165) is 68.3 Å². The van der Waals surface area contributed by atoms with Crippen LogP contribution in [0, 0.1) is 12.8 Å². The van der Waals surface area contributed by atoms with Crippen molar-refractivity contribution in [1.29, 1.82) is 0 Å². The Bertz CT molecular complexity index is 862. The summed E-state index contributed by atoms with van der Waals surface area (Å²) in [5.74, 6) is 1.31. The molecule has 2 aromatic rings. The molecule has 2 aromatic heterocycles. The van der Waals surface area contributed by atoms with Crippen LogP contribution < -0.4 is 10.6 Å². The zero-order valence-corrected chi connectivity index (χ0v) is 18.8. The quantitative estimate of drug-likeness (QED) is 0.541. The molecular weight excluding hydrogens is 376 g/mol. The molecule has 0 unspecified atom stereocenters. The molecule has 0 saturated carbocycles. The lowest BCUT2D eigenvalue weighted by molar-refractivity contribution is -0.136. The molecule has 1 saturated heterocycles. The number of piperidine rings is 1. The second-order valence-electron chi connectivity index (χ2n) is 8.08. The minimum absolute atomic E-state index is 0.169. The summed E-state index contributed by atoms with van der Waals surface area (Å²) in [4.78, 5) is 24.1. The van der Waals surface area contributed by atoms with E-state index < -0.39 is 0 Å². The van der Waals surface area contributed by atoms with Crippen molar-refractivity contribution in [2.75, 3.05) is 19.6 Å². The molecule has 2 N–H and O–H groups in total. The van der Waals surface area contributed by atoms with E-state index in [1.165, 1.54) is 0 Å². The maximum absolute atomic E-state index is 12.6. The smallest absolute Gasteiger partial charge is 0.225 e. The van der Waals surface area contributed by atoms with Crippen LogP contribution in [0.15, 0.2) is 29.4 Å². The summed E-state index contributed by atoms with van der Waals surface area (Å²) in [7, 11) is 0. The summed E-state index contributed by atoms with van der Waals surface area (Å²) in [6.07, 6.45) is 5.80. The van der Waals surface area contributed by atoms with Crippen molar-refractivity contribution >= 4 is 17.5 Å². The highest BCUT2D eigenvalue weighted by Crippen LogP contribution is 2.17. The van der Waals surface area contributed by atoms with Crippen LogP contribution in [0.1, 0.15) is 57.8 Å². The van der Waals surface area contributed by atoms with Gasteiger partial charge in [-0.1, -0.05) is 19.9 Å². The maximum Gasteiger partial charge on any atom is 0.225 e. The van der Waals surface area contributed by atoms with Gasteiger partial charge in [0.2, 0.25) is 5.91 Å². The van der Waals surface area contributed by atoms with Gasteiger partial charge in [-0.15, -0.1) is 0 Å². The van der Waals surface area contributed by atoms with Crippen molar-refractivity contribution in [3.8, 4) is 0 Å². The second-order valence-corrected chi connectivity index (χ2v) is 8.08. The van der Waals surface area contributed by atoms with Gasteiger partial charge in [0, 0.05) is 43.5 Å². The number of aromatic nitrogens is 2. The number of guanidine groups is 1. The van der Waals surface area contributed by atoms with E-state index in [2.05, 4.69) is 60.0 Å². The van der Waals surface area contributed by atoms with E-state index in [0.29, 0.717) is 18.5 Å². The molecule has 7 heteroatoms. The predicted molar refractivity (Wildman–Crippen MR) is 122 cm³/mol. The Kier molecular flexibility index (Phi) is 7.71. The lowest BCUT2D eigenvalue weighted by Crippen LogP contribution is -2.50. The second kappa shape index (κ2) is 10.5. The molecule has 1 amide bonds. The molecule has 164 valence electrons. The maximum atomic E-state index is 12.6. The molecule has 0 aromatic carbocycles. The lowest BCUT2D eigenvalue weighted by Gasteiger charge is -2.34. The Morgan fingerprint density at radius 2 is 1.97 bits per heavy atom.